The largest absolute Gasteiger partial charge is 0.382 e. The maximum absolute atomic E-state index is 13.5. The molecule has 3 heterocycles. The summed E-state index contributed by atoms with van der Waals surface area (Å²) in [6.07, 6.45) is 2.60. The minimum Gasteiger partial charge on any atom is -0.382 e. The van der Waals surface area contributed by atoms with E-state index in [4.69, 9.17) is 15.5 Å². The Morgan fingerprint density at radius 3 is 2.75 bits per heavy atom. The van der Waals surface area contributed by atoms with E-state index >= 15 is 0 Å². The van der Waals surface area contributed by atoms with Gasteiger partial charge in [0.2, 0.25) is 0 Å². The van der Waals surface area contributed by atoms with E-state index in [0.29, 0.717) is 33.9 Å². The van der Waals surface area contributed by atoms with Gasteiger partial charge in [0, 0.05) is 36.4 Å². The summed E-state index contributed by atoms with van der Waals surface area (Å²) < 4.78 is 19.0. The van der Waals surface area contributed by atoms with Gasteiger partial charge in [-0.15, -0.1) is 0 Å². The molecule has 0 bridgehead atoms. The van der Waals surface area contributed by atoms with Gasteiger partial charge in [-0.25, -0.2) is 19.3 Å². The summed E-state index contributed by atoms with van der Waals surface area (Å²) in [6.45, 7) is 4.48. The average Bonchev–Trinajstić information content (AvgIpc) is 3.40. The van der Waals surface area contributed by atoms with Crippen molar-refractivity contribution in [2.24, 2.45) is 0 Å². The lowest BCUT2D eigenvalue weighted by atomic mass is 10.1. The molecule has 0 atom stereocenters. The predicted octanol–water partition coefficient (Wildman–Crippen LogP) is 4.54. The number of benzene rings is 3. The molecule has 10 heteroatoms. The predicted molar refractivity (Wildman–Crippen MR) is 152 cm³/mol. The van der Waals surface area contributed by atoms with Crippen LogP contribution in [0.5, 0.6) is 0 Å². The molecule has 1 aliphatic rings. The van der Waals surface area contributed by atoms with Crippen LogP contribution in [0, 0.1) is 5.82 Å². The lowest BCUT2D eigenvalue weighted by Crippen LogP contribution is -2.37. The van der Waals surface area contributed by atoms with Gasteiger partial charge in [-0.1, -0.05) is 24.3 Å². The van der Waals surface area contributed by atoms with Crippen LogP contribution >= 0.6 is 0 Å². The number of nitrogen functional groups attached to an aromatic ring is 1. The van der Waals surface area contributed by atoms with Crippen LogP contribution in [-0.2, 0) is 11.2 Å². The van der Waals surface area contributed by atoms with E-state index in [9.17, 15) is 9.18 Å². The monoisotopic (exact) mass is 537 g/mol. The van der Waals surface area contributed by atoms with Gasteiger partial charge in [-0.3, -0.25) is 9.69 Å². The van der Waals surface area contributed by atoms with Gasteiger partial charge in [-0.05, 0) is 54.4 Å². The van der Waals surface area contributed by atoms with Gasteiger partial charge in [0.25, 0.3) is 5.91 Å². The first-order chi connectivity index (χ1) is 19.5. The van der Waals surface area contributed by atoms with Gasteiger partial charge in [0.1, 0.15) is 11.5 Å². The highest BCUT2D eigenvalue weighted by molar-refractivity contribution is 6.05. The number of amides is 1. The number of nitrogens with two attached hydrogens (primary N) is 1. The smallest absolute Gasteiger partial charge is 0.255 e. The Labute approximate surface area is 230 Å². The molecule has 1 amide bonds. The molecule has 202 valence electrons. The quantitative estimate of drug-likeness (QED) is 0.279. The van der Waals surface area contributed by atoms with Crippen LogP contribution in [0.1, 0.15) is 15.9 Å². The molecular weight excluding hydrogens is 509 g/mol. The minimum atomic E-state index is -0.470. The van der Waals surface area contributed by atoms with Gasteiger partial charge in [0.15, 0.2) is 11.6 Å². The number of ether oxygens (including phenoxy) is 1. The van der Waals surface area contributed by atoms with Crippen LogP contribution < -0.4 is 11.1 Å². The van der Waals surface area contributed by atoms with Crippen molar-refractivity contribution >= 4 is 28.4 Å². The zero-order valence-corrected chi connectivity index (χ0v) is 21.7. The first kappa shape index (κ1) is 25.6. The number of halogens is 1. The van der Waals surface area contributed by atoms with Crippen molar-refractivity contribution in [2.45, 2.75) is 6.42 Å². The molecule has 9 nitrogen and oxygen atoms in total. The first-order valence-electron chi connectivity index (χ1n) is 13.1. The summed E-state index contributed by atoms with van der Waals surface area (Å²) >= 11 is 0. The van der Waals surface area contributed by atoms with Crippen molar-refractivity contribution in [1.29, 1.82) is 0 Å². The van der Waals surface area contributed by atoms with Crippen molar-refractivity contribution in [2.75, 3.05) is 43.9 Å². The van der Waals surface area contributed by atoms with Crippen LogP contribution in [0.15, 0.2) is 72.9 Å². The molecule has 0 unspecified atom stereocenters. The average molecular weight is 538 g/mol. The minimum absolute atomic E-state index is 0.232. The molecule has 40 heavy (non-hydrogen) atoms. The number of hydrogen-bond donors (Lipinski definition) is 3. The Bertz CT molecular complexity index is 1680. The number of hydrogen-bond acceptors (Lipinski definition) is 7. The number of fused-ring (bicyclic) bond motifs is 1. The maximum Gasteiger partial charge on any atom is 0.255 e. The fourth-order valence-corrected chi connectivity index (χ4v) is 4.74. The molecule has 2 aromatic heterocycles. The van der Waals surface area contributed by atoms with Crippen molar-refractivity contribution in [3.8, 4) is 22.8 Å². The van der Waals surface area contributed by atoms with E-state index in [1.807, 2.05) is 12.1 Å². The second kappa shape index (κ2) is 11.2. The summed E-state index contributed by atoms with van der Waals surface area (Å²) in [4.78, 5) is 32.1. The summed E-state index contributed by atoms with van der Waals surface area (Å²) in [6, 6.07) is 19.1. The van der Waals surface area contributed by atoms with Crippen molar-refractivity contribution in [3.63, 3.8) is 0 Å². The van der Waals surface area contributed by atoms with E-state index in [0.717, 1.165) is 44.8 Å². The van der Waals surface area contributed by atoms with Crippen LogP contribution in [0.25, 0.3) is 33.8 Å². The number of morpholine rings is 1. The SMILES string of the molecule is Nc1ncc(-c2cccc(CCN3CCOCC3)c2)nc1-c1nc2ccc(NC(=O)c3cccc(F)c3)cc2[nH]1. The second-order valence-electron chi connectivity index (χ2n) is 9.68. The Balaban J connectivity index is 1.22. The molecule has 0 aliphatic carbocycles. The number of nitrogens with zero attached hydrogens (tertiary/aromatic N) is 4. The molecular formula is C30H28FN7O2. The highest BCUT2D eigenvalue weighted by Gasteiger charge is 2.15. The number of aromatic nitrogens is 4. The molecule has 0 saturated carbocycles. The summed E-state index contributed by atoms with van der Waals surface area (Å²) in [5, 5.41) is 2.79. The molecule has 5 aromatic rings. The highest BCUT2D eigenvalue weighted by Crippen LogP contribution is 2.28. The van der Waals surface area contributed by atoms with Gasteiger partial charge in [-0.2, -0.15) is 0 Å². The molecule has 1 aliphatic heterocycles. The Kier molecular flexibility index (Phi) is 7.17. The fraction of sp³-hybridized carbons (Fsp3) is 0.200. The second-order valence-corrected chi connectivity index (χ2v) is 9.68. The third kappa shape index (κ3) is 5.68. The van der Waals surface area contributed by atoms with E-state index < -0.39 is 11.7 Å². The summed E-state index contributed by atoms with van der Waals surface area (Å²) in [7, 11) is 0. The van der Waals surface area contributed by atoms with Crippen LogP contribution in [0.3, 0.4) is 0 Å². The van der Waals surface area contributed by atoms with E-state index in [1.165, 1.54) is 23.8 Å². The molecule has 3 aromatic carbocycles. The van der Waals surface area contributed by atoms with Crippen LogP contribution in [0.4, 0.5) is 15.9 Å². The third-order valence-electron chi connectivity index (χ3n) is 6.89. The number of aromatic amines is 1. The van der Waals surface area contributed by atoms with Gasteiger partial charge in [0.05, 0.1) is 36.1 Å². The van der Waals surface area contributed by atoms with E-state index in [1.54, 1.807) is 30.5 Å². The first-order valence-corrected chi connectivity index (χ1v) is 13.1. The number of rotatable bonds is 7. The van der Waals surface area contributed by atoms with Crippen LogP contribution in [-0.4, -0.2) is 63.6 Å². The lowest BCUT2D eigenvalue weighted by Gasteiger charge is -2.26. The van der Waals surface area contributed by atoms with Gasteiger partial charge >= 0.3 is 0 Å². The number of carbonyl (C=O) groups is 1. The topological polar surface area (TPSA) is 122 Å². The highest BCUT2D eigenvalue weighted by atomic mass is 19.1. The van der Waals surface area contributed by atoms with E-state index in [-0.39, 0.29) is 11.4 Å². The van der Waals surface area contributed by atoms with E-state index in [2.05, 4.69) is 37.3 Å². The molecule has 1 saturated heterocycles. The van der Waals surface area contributed by atoms with Crippen LogP contribution in [0.2, 0.25) is 0 Å². The number of carbonyl (C=O) groups excluding carboxylic acids is 1. The number of anilines is 2. The lowest BCUT2D eigenvalue weighted by molar-refractivity contribution is 0.0384. The zero-order chi connectivity index (χ0) is 27.5. The summed E-state index contributed by atoms with van der Waals surface area (Å²) in [5.41, 5.74) is 11.7. The molecule has 6 rings (SSSR count). The maximum atomic E-state index is 13.5. The molecule has 0 spiro atoms. The number of nitrogens with one attached hydrogen (secondary N) is 2. The third-order valence-corrected chi connectivity index (χ3v) is 6.89. The van der Waals surface area contributed by atoms with Crippen molar-refractivity contribution in [1.82, 2.24) is 24.8 Å². The summed E-state index contributed by atoms with van der Waals surface area (Å²) in [5.74, 6) is -0.152. The number of imidazole rings is 1. The standard InChI is InChI=1S/C30H28FN7O2/c31-22-6-2-5-21(16-22)30(39)34-23-7-8-24-25(17-23)37-29(36-24)27-28(32)33-18-26(35-27)20-4-1-3-19(15-20)9-10-38-11-13-40-14-12-38/h1-8,15-18H,9-14H2,(H2,32,33)(H,34,39)(H,36,37). The zero-order valence-electron chi connectivity index (χ0n) is 21.7. The Morgan fingerprint density at radius 2 is 1.90 bits per heavy atom. The van der Waals surface area contributed by atoms with Crippen molar-refractivity contribution in [3.05, 3.63) is 89.9 Å². The normalized spacial score (nSPS) is 13.9. The fourth-order valence-electron chi connectivity index (χ4n) is 4.74. The van der Waals surface area contributed by atoms with Gasteiger partial charge < -0.3 is 20.8 Å². The Hall–Kier alpha value is -4.67. The van der Waals surface area contributed by atoms with Crippen molar-refractivity contribution < 1.29 is 13.9 Å². The molecule has 4 N–H and O–H groups in total. The Morgan fingerprint density at radius 1 is 1.05 bits per heavy atom. The molecule has 1 fully saturated rings. The number of H-pyrrole nitrogens is 1. The molecule has 0 radical (unpaired) electrons.